The highest BCUT2D eigenvalue weighted by molar-refractivity contribution is 5.62. The van der Waals surface area contributed by atoms with Crippen LogP contribution in [0.5, 0.6) is 0 Å². The molecule has 1 aromatic rings. The Labute approximate surface area is 76.6 Å². The predicted molar refractivity (Wildman–Crippen MR) is 48.0 cm³/mol. The van der Waals surface area contributed by atoms with Crippen molar-refractivity contribution in [1.29, 1.82) is 0 Å². The fourth-order valence-corrected chi connectivity index (χ4v) is 0.525. The number of rotatable bonds is 1. The van der Waals surface area contributed by atoms with E-state index in [9.17, 15) is 0 Å². The van der Waals surface area contributed by atoms with Crippen molar-refractivity contribution in [2.45, 2.75) is 20.4 Å². The van der Waals surface area contributed by atoms with Gasteiger partial charge in [-0.05, 0) is 6.92 Å². The Morgan fingerprint density at radius 3 is 2.38 bits per heavy atom. The molecule has 0 aliphatic rings. The molecule has 0 fully saturated rings. The predicted octanol–water partition coefficient (Wildman–Crippen LogP) is 0.335. The summed E-state index contributed by atoms with van der Waals surface area (Å²) in [7, 11) is 0. The lowest BCUT2D eigenvalue weighted by Gasteiger charge is -1.92. The van der Waals surface area contributed by atoms with Crippen molar-refractivity contribution in [3.63, 3.8) is 0 Å². The molecule has 0 radical (unpaired) electrons. The summed E-state index contributed by atoms with van der Waals surface area (Å²) in [6.07, 6.45) is 3.40. The Morgan fingerprint density at radius 1 is 1.54 bits per heavy atom. The Kier molecular flexibility index (Phi) is 5.38. The second kappa shape index (κ2) is 6.07. The largest absolute Gasteiger partial charge is 0.481 e. The molecule has 0 amide bonds. The maximum atomic E-state index is 9.00. The van der Waals surface area contributed by atoms with Crippen molar-refractivity contribution in [3.8, 4) is 0 Å². The number of aliphatic carboxylic acids is 1. The van der Waals surface area contributed by atoms with Gasteiger partial charge in [0.25, 0.3) is 5.97 Å². The summed E-state index contributed by atoms with van der Waals surface area (Å²) in [4.78, 5) is 17.0. The lowest BCUT2D eigenvalue weighted by atomic mass is 10.4. The van der Waals surface area contributed by atoms with Crippen LogP contribution < -0.4 is 5.73 Å². The number of nitrogens with zero attached hydrogens (tertiary/aromatic N) is 2. The Hall–Kier alpha value is -1.49. The molecule has 1 heterocycles. The van der Waals surface area contributed by atoms with Gasteiger partial charge in [-0.1, -0.05) is 0 Å². The highest BCUT2D eigenvalue weighted by atomic mass is 16.4. The van der Waals surface area contributed by atoms with Gasteiger partial charge in [0.15, 0.2) is 0 Å². The standard InChI is InChI=1S/C6H9N3.C2H4O2/c1-5-3-9-6(2-7)4-8-5;1-2(3)4/h3-4H,2,7H2,1H3;1H3,(H,3,4). The van der Waals surface area contributed by atoms with Crippen LogP contribution in [0.25, 0.3) is 0 Å². The first kappa shape index (κ1) is 11.5. The molecule has 0 aliphatic heterocycles. The molecule has 0 spiro atoms. The average Bonchev–Trinajstić information content (AvgIpc) is 2.05. The number of carboxylic acid groups (broad SMARTS) is 1. The number of aryl methyl sites for hydroxylation is 1. The minimum Gasteiger partial charge on any atom is -0.481 e. The van der Waals surface area contributed by atoms with Gasteiger partial charge in [-0.3, -0.25) is 14.8 Å². The molecular weight excluding hydrogens is 170 g/mol. The molecule has 0 aliphatic carbocycles. The van der Waals surface area contributed by atoms with Crippen LogP contribution in [0.15, 0.2) is 12.4 Å². The van der Waals surface area contributed by atoms with Gasteiger partial charge in [-0.15, -0.1) is 0 Å². The first-order chi connectivity index (χ1) is 6.06. The van der Waals surface area contributed by atoms with E-state index in [-0.39, 0.29) is 0 Å². The summed E-state index contributed by atoms with van der Waals surface area (Å²) in [6.45, 7) is 3.45. The Morgan fingerprint density at radius 2 is 2.08 bits per heavy atom. The van der Waals surface area contributed by atoms with Crippen LogP contribution in [0.1, 0.15) is 18.3 Å². The van der Waals surface area contributed by atoms with Crippen LogP contribution >= 0.6 is 0 Å². The van der Waals surface area contributed by atoms with Crippen molar-refractivity contribution in [2.24, 2.45) is 5.73 Å². The van der Waals surface area contributed by atoms with Crippen molar-refractivity contribution in [3.05, 3.63) is 23.8 Å². The molecular formula is C8H13N3O2. The molecule has 0 bridgehead atoms. The summed E-state index contributed by atoms with van der Waals surface area (Å²) in [5, 5.41) is 7.42. The normalized spacial score (nSPS) is 8.54. The zero-order valence-corrected chi connectivity index (χ0v) is 7.69. The molecule has 0 saturated heterocycles. The molecule has 0 atom stereocenters. The van der Waals surface area contributed by atoms with Gasteiger partial charge in [0.05, 0.1) is 11.4 Å². The van der Waals surface area contributed by atoms with E-state index in [1.54, 1.807) is 12.4 Å². The van der Waals surface area contributed by atoms with Crippen LogP contribution in [0.3, 0.4) is 0 Å². The van der Waals surface area contributed by atoms with Crippen LogP contribution in [0.4, 0.5) is 0 Å². The zero-order valence-electron chi connectivity index (χ0n) is 7.69. The maximum Gasteiger partial charge on any atom is 0.300 e. The van der Waals surface area contributed by atoms with Crippen LogP contribution in [-0.4, -0.2) is 21.0 Å². The minimum atomic E-state index is -0.833. The van der Waals surface area contributed by atoms with E-state index in [0.29, 0.717) is 6.54 Å². The van der Waals surface area contributed by atoms with E-state index in [1.807, 2.05) is 6.92 Å². The van der Waals surface area contributed by atoms with E-state index in [1.165, 1.54) is 0 Å². The van der Waals surface area contributed by atoms with E-state index < -0.39 is 5.97 Å². The monoisotopic (exact) mass is 183 g/mol. The number of hydrogen-bond acceptors (Lipinski definition) is 4. The smallest absolute Gasteiger partial charge is 0.300 e. The SMILES string of the molecule is CC(=O)O.Cc1cnc(CN)cn1. The molecule has 1 aromatic heterocycles. The van der Waals surface area contributed by atoms with Crippen LogP contribution in [-0.2, 0) is 11.3 Å². The maximum absolute atomic E-state index is 9.00. The third kappa shape index (κ3) is 6.89. The summed E-state index contributed by atoms with van der Waals surface area (Å²) in [6, 6.07) is 0. The molecule has 72 valence electrons. The van der Waals surface area contributed by atoms with Gasteiger partial charge in [0.1, 0.15) is 0 Å². The third-order valence-corrected chi connectivity index (χ3v) is 1.04. The molecule has 1 rings (SSSR count). The first-order valence-electron chi connectivity index (χ1n) is 3.73. The van der Waals surface area contributed by atoms with E-state index in [4.69, 9.17) is 15.6 Å². The molecule has 5 nitrogen and oxygen atoms in total. The molecule has 0 unspecified atom stereocenters. The topological polar surface area (TPSA) is 89.1 Å². The highest BCUT2D eigenvalue weighted by Gasteiger charge is 1.87. The number of carboxylic acids is 1. The Balaban J connectivity index is 0.000000310. The fraction of sp³-hybridized carbons (Fsp3) is 0.375. The minimum absolute atomic E-state index is 0.466. The average molecular weight is 183 g/mol. The highest BCUT2D eigenvalue weighted by Crippen LogP contribution is 1.90. The van der Waals surface area contributed by atoms with Crippen molar-refractivity contribution in [1.82, 2.24) is 9.97 Å². The molecule has 13 heavy (non-hydrogen) atoms. The van der Waals surface area contributed by atoms with E-state index in [2.05, 4.69) is 9.97 Å². The van der Waals surface area contributed by atoms with Gasteiger partial charge in [0, 0.05) is 25.9 Å². The van der Waals surface area contributed by atoms with Gasteiger partial charge in [0.2, 0.25) is 0 Å². The summed E-state index contributed by atoms with van der Waals surface area (Å²) >= 11 is 0. The number of carbonyl (C=O) groups is 1. The number of aromatic nitrogens is 2. The van der Waals surface area contributed by atoms with E-state index >= 15 is 0 Å². The quantitative estimate of drug-likeness (QED) is 0.655. The molecule has 0 aromatic carbocycles. The van der Waals surface area contributed by atoms with E-state index in [0.717, 1.165) is 18.3 Å². The van der Waals surface area contributed by atoms with Gasteiger partial charge in [-0.25, -0.2) is 0 Å². The van der Waals surface area contributed by atoms with Crippen molar-refractivity contribution < 1.29 is 9.90 Å². The zero-order chi connectivity index (χ0) is 10.3. The number of nitrogens with two attached hydrogens (primary N) is 1. The lowest BCUT2D eigenvalue weighted by Crippen LogP contribution is -1.99. The van der Waals surface area contributed by atoms with Gasteiger partial charge >= 0.3 is 0 Å². The van der Waals surface area contributed by atoms with Crippen LogP contribution in [0.2, 0.25) is 0 Å². The lowest BCUT2D eigenvalue weighted by molar-refractivity contribution is -0.134. The summed E-state index contributed by atoms with van der Waals surface area (Å²) in [5.74, 6) is -0.833. The Bertz CT molecular complexity index is 255. The second-order valence-corrected chi connectivity index (χ2v) is 2.37. The first-order valence-corrected chi connectivity index (χ1v) is 3.73. The van der Waals surface area contributed by atoms with Gasteiger partial charge < -0.3 is 10.8 Å². The van der Waals surface area contributed by atoms with Crippen LogP contribution in [0, 0.1) is 6.92 Å². The third-order valence-electron chi connectivity index (χ3n) is 1.04. The summed E-state index contributed by atoms with van der Waals surface area (Å²) < 4.78 is 0. The summed E-state index contributed by atoms with van der Waals surface area (Å²) in [5.41, 5.74) is 7.05. The van der Waals surface area contributed by atoms with Crippen molar-refractivity contribution in [2.75, 3.05) is 0 Å². The van der Waals surface area contributed by atoms with Gasteiger partial charge in [-0.2, -0.15) is 0 Å². The second-order valence-electron chi connectivity index (χ2n) is 2.37. The fourth-order valence-electron chi connectivity index (χ4n) is 0.525. The number of hydrogen-bond donors (Lipinski definition) is 2. The molecule has 3 N–H and O–H groups in total. The molecule has 0 saturated carbocycles. The van der Waals surface area contributed by atoms with Crippen molar-refractivity contribution >= 4 is 5.97 Å². The molecule has 5 heteroatoms.